The van der Waals surface area contributed by atoms with E-state index in [2.05, 4.69) is 26.1 Å². The van der Waals surface area contributed by atoms with Gasteiger partial charge in [-0.1, -0.05) is 149 Å². The fraction of sp³-hybridized carbons (Fsp3) is 1.00. The van der Waals surface area contributed by atoms with Gasteiger partial charge in [0, 0.05) is 0 Å². The van der Waals surface area contributed by atoms with Crippen LogP contribution in [0.2, 0.25) is 0 Å². The maximum atomic E-state index is 5.37. The van der Waals surface area contributed by atoms with Crippen molar-refractivity contribution in [2.24, 2.45) is 5.73 Å². The number of nitrogens with one attached hydrogen (secondary N) is 1. The van der Waals surface area contributed by atoms with Crippen molar-refractivity contribution in [2.45, 2.75) is 168 Å². The molecule has 0 amide bonds. The molecule has 2 heteroatoms. The second-order valence-electron chi connectivity index (χ2n) is 9.61. The van der Waals surface area contributed by atoms with Crippen LogP contribution in [0.1, 0.15) is 168 Å². The van der Waals surface area contributed by atoms with Crippen LogP contribution in [0, 0.1) is 0 Å². The Morgan fingerprint density at radius 1 is 0.355 bits per heavy atom. The Kier molecular flexibility index (Phi) is 36.9. The highest BCUT2D eigenvalue weighted by molar-refractivity contribution is 4.52. The fourth-order valence-corrected chi connectivity index (χ4v) is 3.99. The smallest absolute Gasteiger partial charge is 0.00489 e. The van der Waals surface area contributed by atoms with E-state index in [-0.39, 0.29) is 0 Å². The summed E-state index contributed by atoms with van der Waals surface area (Å²) in [5, 5.41) is 3.61. The van der Waals surface area contributed by atoms with Crippen molar-refractivity contribution in [3.63, 3.8) is 0 Å². The maximum absolute atomic E-state index is 5.37. The van der Waals surface area contributed by atoms with E-state index < -0.39 is 0 Å². The third-order valence-electron chi connectivity index (χ3n) is 6.22. The van der Waals surface area contributed by atoms with E-state index in [0.29, 0.717) is 0 Å². The van der Waals surface area contributed by atoms with Gasteiger partial charge in [0.1, 0.15) is 0 Å². The Bertz CT molecular complexity index is 241. The van der Waals surface area contributed by atoms with E-state index in [0.717, 1.165) is 6.54 Å². The molecule has 0 aliphatic carbocycles. The quantitative estimate of drug-likeness (QED) is 0.139. The molecule has 3 N–H and O–H groups in total. The van der Waals surface area contributed by atoms with Crippen molar-refractivity contribution in [1.82, 2.24) is 5.32 Å². The molecule has 0 aliphatic rings. The van der Waals surface area contributed by atoms with Crippen molar-refractivity contribution in [3.05, 3.63) is 0 Å². The summed E-state index contributed by atoms with van der Waals surface area (Å²) in [4.78, 5) is 0. The first-order chi connectivity index (χ1) is 15.3. The van der Waals surface area contributed by atoms with E-state index in [1.54, 1.807) is 0 Å². The Labute approximate surface area is 199 Å². The van der Waals surface area contributed by atoms with Gasteiger partial charge in [0.2, 0.25) is 0 Å². The second-order valence-corrected chi connectivity index (χ2v) is 9.61. The molecular weight excluding hydrogens is 376 g/mol. The van der Waals surface area contributed by atoms with Crippen molar-refractivity contribution < 1.29 is 0 Å². The Morgan fingerprint density at radius 3 is 0.903 bits per heavy atom. The van der Waals surface area contributed by atoms with Gasteiger partial charge in [-0.05, 0) is 38.9 Å². The summed E-state index contributed by atoms with van der Waals surface area (Å²) in [5.74, 6) is 0. The van der Waals surface area contributed by atoms with E-state index in [4.69, 9.17) is 5.73 Å². The number of hydrogen-bond donors (Lipinski definition) is 2. The molecule has 0 heterocycles. The zero-order valence-electron chi connectivity index (χ0n) is 22.5. The number of nitrogens with two attached hydrogens (primary N) is 1. The first-order valence-electron chi connectivity index (χ1n) is 14.7. The standard InChI is InChI=1S/C20H43N.C9H21N/c1-3-5-7-9-11-13-15-17-19-21-20-18-16-14-12-10-8-6-4-2;1-2-3-4-5-6-7-8-9-10/h21H,3-20H2,1-2H3;2-10H2,1H3. The number of unbranched alkanes of at least 4 members (excludes halogenated alkanes) is 20. The summed E-state index contributed by atoms with van der Waals surface area (Å²) in [5.41, 5.74) is 5.37. The van der Waals surface area contributed by atoms with Crippen LogP contribution in [0.5, 0.6) is 0 Å². The van der Waals surface area contributed by atoms with Crippen LogP contribution in [-0.2, 0) is 0 Å². The molecule has 0 unspecified atom stereocenters. The molecular formula is C29H64N2. The third kappa shape index (κ3) is 37.6. The monoisotopic (exact) mass is 441 g/mol. The highest BCUT2D eigenvalue weighted by Gasteiger charge is 1.93. The van der Waals surface area contributed by atoms with E-state index in [9.17, 15) is 0 Å². The Balaban J connectivity index is 0. The number of hydrogen-bond acceptors (Lipinski definition) is 2. The van der Waals surface area contributed by atoms with Gasteiger partial charge in [-0.15, -0.1) is 0 Å². The van der Waals surface area contributed by atoms with E-state index in [1.165, 1.54) is 161 Å². The molecule has 2 nitrogen and oxygen atoms in total. The minimum atomic E-state index is 0.869. The summed E-state index contributed by atoms with van der Waals surface area (Å²) in [6.45, 7) is 10.2. The lowest BCUT2D eigenvalue weighted by Crippen LogP contribution is -2.16. The van der Waals surface area contributed by atoms with Gasteiger partial charge in [-0.25, -0.2) is 0 Å². The van der Waals surface area contributed by atoms with Gasteiger partial charge in [0.05, 0.1) is 0 Å². The van der Waals surface area contributed by atoms with Crippen LogP contribution in [0.4, 0.5) is 0 Å². The molecule has 0 fully saturated rings. The zero-order chi connectivity index (χ0) is 23.1. The van der Waals surface area contributed by atoms with Crippen molar-refractivity contribution in [2.75, 3.05) is 19.6 Å². The minimum absolute atomic E-state index is 0.869. The molecule has 0 rings (SSSR count). The predicted molar refractivity (Wildman–Crippen MR) is 145 cm³/mol. The molecule has 0 aliphatic heterocycles. The maximum Gasteiger partial charge on any atom is -0.00489 e. The SMILES string of the molecule is CCCCCCCCCCNCCCCCCCCCC.CCCCCCCCCN. The highest BCUT2D eigenvalue weighted by atomic mass is 14.8. The van der Waals surface area contributed by atoms with Gasteiger partial charge in [0.25, 0.3) is 0 Å². The number of rotatable bonds is 25. The minimum Gasteiger partial charge on any atom is -0.330 e. The van der Waals surface area contributed by atoms with Crippen LogP contribution in [0.25, 0.3) is 0 Å². The summed E-state index contributed by atoms with van der Waals surface area (Å²) in [7, 11) is 0. The van der Waals surface area contributed by atoms with Gasteiger partial charge >= 0.3 is 0 Å². The van der Waals surface area contributed by atoms with Gasteiger partial charge in [-0.3, -0.25) is 0 Å². The molecule has 0 spiro atoms. The predicted octanol–water partition coefficient (Wildman–Crippen LogP) is 9.55. The lowest BCUT2D eigenvalue weighted by atomic mass is 10.1. The van der Waals surface area contributed by atoms with Crippen LogP contribution in [0.15, 0.2) is 0 Å². The first kappa shape index (κ1) is 33.1. The average molecular weight is 441 g/mol. The van der Waals surface area contributed by atoms with Crippen LogP contribution < -0.4 is 11.1 Å². The van der Waals surface area contributed by atoms with Crippen molar-refractivity contribution >= 4 is 0 Å². The van der Waals surface area contributed by atoms with E-state index in [1.807, 2.05) is 0 Å². The summed E-state index contributed by atoms with van der Waals surface area (Å²) in [6, 6.07) is 0. The summed E-state index contributed by atoms with van der Waals surface area (Å²) in [6.07, 6.45) is 32.3. The van der Waals surface area contributed by atoms with Gasteiger partial charge in [-0.2, -0.15) is 0 Å². The molecule has 0 radical (unpaired) electrons. The van der Waals surface area contributed by atoms with Crippen LogP contribution in [-0.4, -0.2) is 19.6 Å². The molecule has 0 saturated carbocycles. The fourth-order valence-electron chi connectivity index (χ4n) is 3.99. The normalized spacial score (nSPS) is 10.8. The molecule has 190 valence electrons. The van der Waals surface area contributed by atoms with Crippen LogP contribution >= 0.6 is 0 Å². The molecule has 0 aromatic carbocycles. The third-order valence-corrected chi connectivity index (χ3v) is 6.22. The molecule has 0 aromatic heterocycles. The largest absolute Gasteiger partial charge is 0.330 e. The molecule has 0 aromatic rings. The zero-order valence-corrected chi connectivity index (χ0v) is 22.5. The van der Waals surface area contributed by atoms with Gasteiger partial charge in [0.15, 0.2) is 0 Å². The van der Waals surface area contributed by atoms with E-state index >= 15 is 0 Å². The van der Waals surface area contributed by atoms with Crippen molar-refractivity contribution in [3.8, 4) is 0 Å². The molecule has 31 heavy (non-hydrogen) atoms. The molecule has 0 atom stereocenters. The Morgan fingerprint density at radius 2 is 0.613 bits per heavy atom. The molecule has 0 saturated heterocycles. The average Bonchev–Trinajstić information content (AvgIpc) is 2.79. The van der Waals surface area contributed by atoms with Crippen LogP contribution in [0.3, 0.4) is 0 Å². The lowest BCUT2D eigenvalue weighted by molar-refractivity contribution is 0.532. The Hall–Kier alpha value is -0.0800. The highest BCUT2D eigenvalue weighted by Crippen LogP contribution is 2.09. The lowest BCUT2D eigenvalue weighted by Gasteiger charge is -2.05. The second kappa shape index (κ2) is 34.5. The molecule has 0 bridgehead atoms. The summed E-state index contributed by atoms with van der Waals surface area (Å²) >= 11 is 0. The van der Waals surface area contributed by atoms with Crippen molar-refractivity contribution in [1.29, 1.82) is 0 Å². The van der Waals surface area contributed by atoms with Gasteiger partial charge < -0.3 is 11.1 Å². The topological polar surface area (TPSA) is 38.0 Å². The first-order valence-corrected chi connectivity index (χ1v) is 14.7. The summed E-state index contributed by atoms with van der Waals surface area (Å²) < 4.78 is 0.